The van der Waals surface area contributed by atoms with Crippen LogP contribution < -0.4 is 10.6 Å². The third-order valence-corrected chi connectivity index (χ3v) is 5.90. The molecular weight excluding hydrogens is 430 g/mol. The Kier molecular flexibility index (Phi) is 8.57. The average Bonchev–Trinajstić information content (AvgIpc) is 3.04. The van der Waals surface area contributed by atoms with Crippen LogP contribution in [0.2, 0.25) is 0 Å². The summed E-state index contributed by atoms with van der Waals surface area (Å²) in [6.07, 6.45) is -1.04. The van der Waals surface area contributed by atoms with Crippen molar-refractivity contribution < 1.29 is 18.0 Å². The molecule has 2 aliphatic rings. The SMILES string of the molecule is CC(C)[C@]1(C(=O)N2CCN(c3nccc(C(F)(F)F)n3)CC2)CC[C@@H](N)C1.Cl.Cl. The van der Waals surface area contributed by atoms with E-state index in [0.717, 1.165) is 25.1 Å². The zero-order valence-corrected chi connectivity index (χ0v) is 18.1. The molecule has 0 spiro atoms. The van der Waals surface area contributed by atoms with Gasteiger partial charge in [0, 0.05) is 38.4 Å². The molecule has 2 fully saturated rings. The van der Waals surface area contributed by atoms with Gasteiger partial charge in [-0.15, -0.1) is 24.8 Å². The van der Waals surface area contributed by atoms with Gasteiger partial charge in [-0.1, -0.05) is 13.8 Å². The summed E-state index contributed by atoms with van der Waals surface area (Å²) in [4.78, 5) is 24.3. The highest BCUT2D eigenvalue weighted by Gasteiger charge is 2.48. The molecule has 166 valence electrons. The first-order valence-corrected chi connectivity index (χ1v) is 9.33. The highest BCUT2D eigenvalue weighted by atomic mass is 35.5. The number of rotatable bonds is 3. The number of hydrogen-bond acceptors (Lipinski definition) is 5. The Morgan fingerprint density at radius 2 is 1.86 bits per heavy atom. The summed E-state index contributed by atoms with van der Waals surface area (Å²) in [6.45, 7) is 5.83. The van der Waals surface area contributed by atoms with E-state index in [4.69, 9.17) is 5.73 Å². The Morgan fingerprint density at radius 3 is 2.34 bits per heavy atom. The zero-order chi connectivity index (χ0) is 19.8. The van der Waals surface area contributed by atoms with Crippen LogP contribution in [-0.4, -0.2) is 53.0 Å². The summed E-state index contributed by atoms with van der Waals surface area (Å²) in [5.41, 5.74) is 4.70. The van der Waals surface area contributed by atoms with Crippen LogP contribution in [-0.2, 0) is 11.0 Å². The van der Waals surface area contributed by atoms with E-state index < -0.39 is 17.3 Å². The highest BCUT2D eigenvalue weighted by Crippen LogP contribution is 2.45. The van der Waals surface area contributed by atoms with Gasteiger partial charge in [0.25, 0.3) is 0 Å². The normalized spacial score (nSPS) is 24.9. The van der Waals surface area contributed by atoms with Crippen LogP contribution in [0, 0.1) is 11.3 Å². The third-order valence-electron chi connectivity index (χ3n) is 5.90. The molecular formula is C18H28Cl2F3N5O. The first-order valence-electron chi connectivity index (χ1n) is 9.33. The van der Waals surface area contributed by atoms with Crippen LogP contribution in [0.1, 0.15) is 38.8 Å². The fraction of sp³-hybridized carbons (Fsp3) is 0.722. The minimum Gasteiger partial charge on any atom is -0.339 e. The van der Waals surface area contributed by atoms with E-state index in [1.54, 1.807) is 4.90 Å². The van der Waals surface area contributed by atoms with Crippen molar-refractivity contribution in [2.45, 2.75) is 45.3 Å². The molecule has 2 N–H and O–H groups in total. The smallest absolute Gasteiger partial charge is 0.339 e. The van der Waals surface area contributed by atoms with E-state index in [-0.39, 0.29) is 48.6 Å². The molecule has 1 saturated carbocycles. The molecule has 6 nitrogen and oxygen atoms in total. The average molecular weight is 458 g/mol. The number of halogens is 5. The molecule has 1 amide bonds. The number of alkyl halides is 3. The maximum absolute atomic E-state index is 13.2. The minimum absolute atomic E-state index is 0. The van der Waals surface area contributed by atoms with E-state index in [0.29, 0.717) is 32.6 Å². The lowest BCUT2D eigenvalue weighted by Crippen LogP contribution is -2.54. The van der Waals surface area contributed by atoms with E-state index >= 15 is 0 Å². The van der Waals surface area contributed by atoms with Gasteiger partial charge in [-0.2, -0.15) is 13.2 Å². The number of aromatic nitrogens is 2. The standard InChI is InChI=1S/C18H26F3N5O.2ClH/c1-12(2)17(5-3-13(22)11-17)15(27)25-7-9-26(10-8-25)16-23-6-4-14(24-16)18(19,20)21;;/h4,6,12-13H,3,5,7-11,22H2,1-2H3;2*1H/t13-,17+;;/m1../s1. The van der Waals surface area contributed by atoms with E-state index in [9.17, 15) is 18.0 Å². The summed E-state index contributed by atoms with van der Waals surface area (Å²) < 4.78 is 38.6. The van der Waals surface area contributed by atoms with Crippen molar-refractivity contribution in [3.05, 3.63) is 18.0 Å². The maximum Gasteiger partial charge on any atom is 0.433 e. The van der Waals surface area contributed by atoms with Crippen LogP contribution in [0.3, 0.4) is 0 Å². The Balaban J connectivity index is 0.00000210. The van der Waals surface area contributed by atoms with Gasteiger partial charge in [-0.05, 0) is 31.2 Å². The number of carbonyl (C=O) groups excluding carboxylic acids is 1. The Morgan fingerprint density at radius 1 is 1.24 bits per heavy atom. The van der Waals surface area contributed by atoms with Gasteiger partial charge in [0.2, 0.25) is 11.9 Å². The molecule has 3 rings (SSSR count). The fourth-order valence-corrected chi connectivity index (χ4v) is 4.16. The van der Waals surface area contributed by atoms with Crippen LogP contribution >= 0.6 is 24.8 Å². The molecule has 2 atom stereocenters. The lowest BCUT2D eigenvalue weighted by molar-refractivity contribution is -0.145. The predicted molar refractivity (Wildman–Crippen MR) is 109 cm³/mol. The van der Waals surface area contributed by atoms with E-state index in [1.165, 1.54) is 0 Å². The number of amides is 1. The molecule has 0 radical (unpaired) electrons. The monoisotopic (exact) mass is 457 g/mol. The minimum atomic E-state index is -4.50. The highest BCUT2D eigenvalue weighted by molar-refractivity contribution is 5.85. The van der Waals surface area contributed by atoms with Gasteiger partial charge in [0.15, 0.2) is 0 Å². The number of hydrogen-bond donors (Lipinski definition) is 1. The van der Waals surface area contributed by atoms with Gasteiger partial charge in [-0.3, -0.25) is 4.79 Å². The fourth-order valence-electron chi connectivity index (χ4n) is 4.16. The van der Waals surface area contributed by atoms with Crippen LogP contribution in [0.5, 0.6) is 0 Å². The van der Waals surface area contributed by atoms with Gasteiger partial charge < -0.3 is 15.5 Å². The third kappa shape index (κ3) is 5.24. The molecule has 1 aromatic heterocycles. The van der Waals surface area contributed by atoms with Crippen molar-refractivity contribution in [3.8, 4) is 0 Å². The molecule has 0 aromatic carbocycles. The summed E-state index contributed by atoms with van der Waals surface area (Å²) in [5.74, 6) is 0.372. The zero-order valence-electron chi connectivity index (χ0n) is 16.5. The number of nitrogens with zero attached hydrogens (tertiary/aromatic N) is 4. The quantitative estimate of drug-likeness (QED) is 0.754. The first kappa shape index (κ1) is 25.7. The molecule has 0 bridgehead atoms. The second kappa shape index (κ2) is 9.66. The van der Waals surface area contributed by atoms with Gasteiger partial charge in [-0.25, -0.2) is 9.97 Å². The topological polar surface area (TPSA) is 75.4 Å². The summed E-state index contributed by atoms with van der Waals surface area (Å²) in [6, 6.07) is 0.912. The number of anilines is 1. The summed E-state index contributed by atoms with van der Waals surface area (Å²) in [5, 5.41) is 0. The van der Waals surface area contributed by atoms with E-state index in [2.05, 4.69) is 23.8 Å². The Labute approximate surface area is 181 Å². The molecule has 29 heavy (non-hydrogen) atoms. The Bertz CT molecular complexity index is 698. The predicted octanol–water partition coefficient (Wildman–Crippen LogP) is 3.14. The van der Waals surface area contributed by atoms with Gasteiger partial charge >= 0.3 is 6.18 Å². The largest absolute Gasteiger partial charge is 0.433 e. The van der Waals surface area contributed by atoms with Crippen molar-refractivity contribution in [1.82, 2.24) is 14.9 Å². The van der Waals surface area contributed by atoms with Crippen molar-refractivity contribution in [2.24, 2.45) is 17.1 Å². The number of piperazine rings is 1. The van der Waals surface area contributed by atoms with E-state index in [1.807, 2.05) is 4.90 Å². The second-order valence-electron chi connectivity index (χ2n) is 7.83. The molecule has 1 aliphatic carbocycles. The van der Waals surface area contributed by atoms with Crippen LogP contribution in [0.25, 0.3) is 0 Å². The maximum atomic E-state index is 13.2. The molecule has 0 unspecified atom stereocenters. The first-order chi connectivity index (χ1) is 12.6. The van der Waals surface area contributed by atoms with Crippen molar-refractivity contribution in [1.29, 1.82) is 0 Å². The summed E-state index contributed by atoms with van der Waals surface area (Å²) >= 11 is 0. The number of carbonyl (C=O) groups is 1. The van der Waals surface area contributed by atoms with Crippen molar-refractivity contribution in [2.75, 3.05) is 31.1 Å². The molecule has 1 aliphatic heterocycles. The number of nitrogens with two attached hydrogens (primary N) is 1. The molecule has 1 saturated heterocycles. The Hall–Kier alpha value is -1.32. The second-order valence-corrected chi connectivity index (χ2v) is 7.83. The van der Waals surface area contributed by atoms with Crippen LogP contribution in [0.4, 0.5) is 19.1 Å². The van der Waals surface area contributed by atoms with Crippen molar-refractivity contribution in [3.63, 3.8) is 0 Å². The molecule has 11 heteroatoms. The molecule has 1 aromatic rings. The molecule has 2 heterocycles. The van der Waals surface area contributed by atoms with Gasteiger partial charge in [0.1, 0.15) is 5.69 Å². The van der Waals surface area contributed by atoms with Gasteiger partial charge in [0.05, 0.1) is 5.41 Å². The lowest BCUT2D eigenvalue weighted by atomic mass is 9.74. The van der Waals surface area contributed by atoms with Crippen LogP contribution in [0.15, 0.2) is 12.3 Å². The lowest BCUT2D eigenvalue weighted by Gasteiger charge is -2.41. The summed E-state index contributed by atoms with van der Waals surface area (Å²) in [7, 11) is 0. The van der Waals surface area contributed by atoms with Crippen molar-refractivity contribution >= 4 is 36.7 Å².